The number of carbonyl (C=O) groups excluding carboxylic acids is 1. The Morgan fingerprint density at radius 3 is 2.48 bits per heavy atom. The van der Waals surface area contributed by atoms with E-state index in [0.717, 1.165) is 10.5 Å². The predicted molar refractivity (Wildman–Crippen MR) is 95.4 cm³/mol. The molecule has 0 fully saturated rings. The summed E-state index contributed by atoms with van der Waals surface area (Å²) in [6.07, 6.45) is 1.72. The number of allylic oxidation sites excluding steroid dienone is 1. The summed E-state index contributed by atoms with van der Waals surface area (Å²) in [5.74, 6) is 1.15. The van der Waals surface area contributed by atoms with Crippen LogP contribution in [0, 0.1) is 10.1 Å². The van der Waals surface area contributed by atoms with Crippen molar-refractivity contribution in [2.24, 2.45) is 0 Å². The first-order valence-electron chi connectivity index (χ1n) is 7.50. The van der Waals surface area contributed by atoms with Crippen LogP contribution in [0.2, 0.25) is 0 Å². The number of non-ortho nitro benzene ring substituents is 1. The monoisotopic (exact) mass is 349 g/mol. The van der Waals surface area contributed by atoms with Crippen LogP contribution in [0.3, 0.4) is 0 Å². The number of nitro groups is 1. The molecule has 122 valence electrons. The Kier molecular flexibility index (Phi) is 3.74. The van der Waals surface area contributed by atoms with Crippen molar-refractivity contribution in [3.8, 4) is 11.3 Å². The number of benzene rings is 2. The van der Waals surface area contributed by atoms with E-state index in [0.29, 0.717) is 22.0 Å². The molecule has 0 spiro atoms. The summed E-state index contributed by atoms with van der Waals surface area (Å²) in [5.41, 5.74) is 1.48. The smallest absolute Gasteiger partial charge is 0.269 e. The van der Waals surface area contributed by atoms with Crippen LogP contribution in [0.25, 0.3) is 17.4 Å². The molecule has 0 atom stereocenters. The number of carbonyl (C=O) groups is 1. The van der Waals surface area contributed by atoms with Crippen molar-refractivity contribution in [2.75, 3.05) is 0 Å². The number of thioether (sulfide) groups is 1. The molecule has 1 aliphatic heterocycles. The molecule has 25 heavy (non-hydrogen) atoms. The summed E-state index contributed by atoms with van der Waals surface area (Å²) in [5, 5.41) is 10.7. The number of ketones is 1. The van der Waals surface area contributed by atoms with Crippen molar-refractivity contribution in [1.82, 2.24) is 0 Å². The van der Waals surface area contributed by atoms with E-state index in [1.807, 2.05) is 24.3 Å². The maximum Gasteiger partial charge on any atom is 0.269 e. The zero-order valence-electron chi connectivity index (χ0n) is 12.8. The van der Waals surface area contributed by atoms with Crippen molar-refractivity contribution in [3.05, 3.63) is 87.0 Å². The van der Waals surface area contributed by atoms with Crippen molar-refractivity contribution < 1.29 is 14.1 Å². The van der Waals surface area contributed by atoms with Crippen LogP contribution in [0.15, 0.2) is 74.9 Å². The summed E-state index contributed by atoms with van der Waals surface area (Å²) in [4.78, 5) is 24.2. The normalized spacial score (nSPS) is 14.7. The zero-order chi connectivity index (χ0) is 17.4. The van der Waals surface area contributed by atoms with Gasteiger partial charge in [0.1, 0.15) is 11.5 Å². The molecule has 0 unspecified atom stereocenters. The highest BCUT2D eigenvalue weighted by atomic mass is 32.2. The Hall–Kier alpha value is -3.12. The minimum atomic E-state index is -0.442. The summed E-state index contributed by atoms with van der Waals surface area (Å²) in [6, 6.07) is 17.2. The number of hydrogen-bond acceptors (Lipinski definition) is 5. The van der Waals surface area contributed by atoms with Gasteiger partial charge in [0.25, 0.3) is 5.69 Å². The van der Waals surface area contributed by atoms with Gasteiger partial charge in [-0.15, -0.1) is 0 Å². The molecular formula is C19H11NO4S. The van der Waals surface area contributed by atoms with Crippen LogP contribution >= 0.6 is 11.8 Å². The quantitative estimate of drug-likeness (QED) is 0.370. The summed E-state index contributed by atoms with van der Waals surface area (Å²) in [7, 11) is 0. The molecule has 0 radical (unpaired) electrons. The van der Waals surface area contributed by atoms with Gasteiger partial charge in [-0.1, -0.05) is 23.9 Å². The first-order valence-corrected chi connectivity index (χ1v) is 8.31. The fourth-order valence-electron chi connectivity index (χ4n) is 2.60. The molecule has 0 saturated carbocycles. The largest absolute Gasteiger partial charge is 0.457 e. The van der Waals surface area contributed by atoms with E-state index in [4.69, 9.17) is 4.42 Å². The summed E-state index contributed by atoms with van der Waals surface area (Å²) < 4.78 is 5.77. The average molecular weight is 349 g/mol. The number of rotatable bonds is 3. The third kappa shape index (κ3) is 2.88. The molecule has 0 N–H and O–H groups in total. The van der Waals surface area contributed by atoms with Crippen LogP contribution < -0.4 is 0 Å². The van der Waals surface area contributed by atoms with Crippen LogP contribution in [0.4, 0.5) is 5.69 Å². The Labute approximate surface area is 147 Å². The third-order valence-electron chi connectivity index (χ3n) is 3.84. The van der Waals surface area contributed by atoms with E-state index in [1.165, 1.54) is 23.9 Å². The molecule has 1 aliphatic rings. The molecule has 0 aliphatic carbocycles. The van der Waals surface area contributed by atoms with Gasteiger partial charge in [0, 0.05) is 28.2 Å². The van der Waals surface area contributed by atoms with E-state index in [-0.39, 0.29) is 11.5 Å². The molecule has 0 amide bonds. The van der Waals surface area contributed by atoms with Crippen LogP contribution in [-0.2, 0) is 0 Å². The fourth-order valence-corrected chi connectivity index (χ4v) is 3.63. The standard InChI is InChI=1S/C19H11NO4S/c21-19-15-3-1-2-4-17(15)25-18(19)11-14-9-10-16(24-14)12-5-7-13(8-6-12)20(22)23/h1-11H/b18-11-. The summed E-state index contributed by atoms with van der Waals surface area (Å²) in [6.45, 7) is 0. The molecule has 1 aromatic heterocycles. The number of fused-ring (bicyclic) bond motifs is 1. The minimum absolute atomic E-state index is 0.00566. The van der Waals surface area contributed by atoms with Gasteiger partial charge >= 0.3 is 0 Å². The van der Waals surface area contributed by atoms with Gasteiger partial charge in [0.15, 0.2) is 0 Å². The Morgan fingerprint density at radius 1 is 1.00 bits per heavy atom. The van der Waals surface area contributed by atoms with Gasteiger partial charge in [-0.3, -0.25) is 14.9 Å². The van der Waals surface area contributed by atoms with Gasteiger partial charge in [0.2, 0.25) is 5.78 Å². The lowest BCUT2D eigenvalue weighted by Crippen LogP contribution is -1.93. The zero-order valence-corrected chi connectivity index (χ0v) is 13.7. The lowest BCUT2D eigenvalue weighted by Gasteiger charge is -1.97. The van der Waals surface area contributed by atoms with Crippen LogP contribution in [0.1, 0.15) is 16.1 Å². The topological polar surface area (TPSA) is 73.3 Å². The maximum absolute atomic E-state index is 12.4. The summed E-state index contributed by atoms with van der Waals surface area (Å²) >= 11 is 1.43. The molecule has 6 heteroatoms. The average Bonchev–Trinajstić information content (AvgIpc) is 3.21. The first kappa shape index (κ1) is 15.4. The Bertz CT molecular complexity index is 1020. The number of hydrogen-bond donors (Lipinski definition) is 0. The maximum atomic E-state index is 12.4. The molecule has 2 heterocycles. The SMILES string of the molecule is O=C1/C(=C/c2ccc(-c3ccc([N+](=O)[O-])cc3)o2)Sc2ccccc21. The van der Waals surface area contributed by atoms with Crippen molar-refractivity contribution in [2.45, 2.75) is 4.90 Å². The highest BCUT2D eigenvalue weighted by molar-refractivity contribution is 8.04. The van der Waals surface area contributed by atoms with Crippen LogP contribution in [0.5, 0.6) is 0 Å². The predicted octanol–water partition coefficient (Wildman–Crippen LogP) is 5.18. The minimum Gasteiger partial charge on any atom is -0.457 e. The molecule has 2 aromatic carbocycles. The van der Waals surface area contributed by atoms with E-state index < -0.39 is 4.92 Å². The van der Waals surface area contributed by atoms with E-state index in [1.54, 1.807) is 30.3 Å². The van der Waals surface area contributed by atoms with E-state index >= 15 is 0 Å². The van der Waals surface area contributed by atoms with Gasteiger partial charge in [0.05, 0.1) is 9.83 Å². The highest BCUT2D eigenvalue weighted by Gasteiger charge is 2.25. The van der Waals surface area contributed by atoms with Crippen LogP contribution in [-0.4, -0.2) is 10.7 Å². The Morgan fingerprint density at radius 2 is 1.76 bits per heavy atom. The number of nitro benzene ring substituents is 1. The van der Waals surface area contributed by atoms with E-state index in [9.17, 15) is 14.9 Å². The highest BCUT2D eigenvalue weighted by Crippen LogP contribution is 2.40. The van der Waals surface area contributed by atoms with Crippen molar-refractivity contribution in [1.29, 1.82) is 0 Å². The number of nitrogens with zero attached hydrogens (tertiary/aromatic N) is 1. The van der Waals surface area contributed by atoms with Crippen molar-refractivity contribution >= 4 is 29.3 Å². The Balaban J connectivity index is 1.60. The van der Waals surface area contributed by atoms with Crippen molar-refractivity contribution in [3.63, 3.8) is 0 Å². The third-order valence-corrected chi connectivity index (χ3v) is 4.94. The lowest BCUT2D eigenvalue weighted by atomic mass is 10.1. The molecule has 0 saturated heterocycles. The molecular weight excluding hydrogens is 338 g/mol. The van der Waals surface area contributed by atoms with Gasteiger partial charge in [-0.05, 0) is 42.5 Å². The molecule has 3 aromatic rings. The molecule has 0 bridgehead atoms. The van der Waals surface area contributed by atoms with E-state index in [2.05, 4.69) is 0 Å². The molecule has 5 nitrogen and oxygen atoms in total. The van der Waals surface area contributed by atoms with Gasteiger partial charge in [-0.25, -0.2) is 0 Å². The second-order valence-electron chi connectivity index (χ2n) is 5.44. The first-order chi connectivity index (χ1) is 12.1. The number of Topliss-reactive ketones (excluding diaryl/α,β-unsaturated/α-hetero) is 1. The van der Waals surface area contributed by atoms with Gasteiger partial charge in [-0.2, -0.15) is 0 Å². The number of furan rings is 1. The second-order valence-corrected chi connectivity index (χ2v) is 6.53. The van der Waals surface area contributed by atoms with Gasteiger partial charge < -0.3 is 4.42 Å². The fraction of sp³-hybridized carbons (Fsp3) is 0. The lowest BCUT2D eigenvalue weighted by molar-refractivity contribution is -0.384. The second kappa shape index (κ2) is 6.07. The molecule has 4 rings (SSSR count).